The van der Waals surface area contributed by atoms with Gasteiger partial charge in [-0.05, 0) is 61.8 Å². The quantitative estimate of drug-likeness (QED) is 0.604. The topological polar surface area (TPSA) is 95.9 Å². The van der Waals surface area contributed by atoms with E-state index in [-0.39, 0.29) is 36.8 Å². The first-order chi connectivity index (χ1) is 16.7. The van der Waals surface area contributed by atoms with Gasteiger partial charge in [-0.25, -0.2) is 4.79 Å². The molecule has 35 heavy (non-hydrogen) atoms. The molecule has 2 aromatic carbocycles. The van der Waals surface area contributed by atoms with Gasteiger partial charge in [-0.1, -0.05) is 55.0 Å². The number of amides is 2. The zero-order valence-electron chi connectivity index (χ0n) is 20.6. The number of fused-ring (bicyclic) bond motifs is 3. The van der Waals surface area contributed by atoms with Crippen LogP contribution in [0.5, 0.6) is 0 Å². The van der Waals surface area contributed by atoms with E-state index in [1.165, 1.54) is 16.0 Å². The monoisotopic (exact) mass is 478 g/mol. The van der Waals surface area contributed by atoms with Crippen molar-refractivity contribution in [3.05, 3.63) is 59.7 Å². The van der Waals surface area contributed by atoms with Gasteiger partial charge in [0.15, 0.2) is 0 Å². The van der Waals surface area contributed by atoms with E-state index >= 15 is 0 Å². The number of carbonyl (C=O) groups excluding carboxylic acids is 2. The number of carbonyl (C=O) groups is 3. The van der Waals surface area contributed by atoms with Gasteiger partial charge in [-0.2, -0.15) is 0 Å². The van der Waals surface area contributed by atoms with Crippen LogP contribution in [0.4, 0.5) is 4.79 Å². The summed E-state index contributed by atoms with van der Waals surface area (Å²) in [7, 11) is 0. The Kier molecular flexibility index (Phi) is 7.15. The second kappa shape index (κ2) is 10.1. The van der Waals surface area contributed by atoms with Gasteiger partial charge < -0.3 is 20.1 Å². The maximum absolute atomic E-state index is 13.2. The summed E-state index contributed by atoms with van der Waals surface area (Å²) >= 11 is 0. The summed E-state index contributed by atoms with van der Waals surface area (Å²) in [5.74, 6) is -1.54. The molecule has 186 valence electrons. The third-order valence-corrected chi connectivity index (χ3v) is 7.20. The highest BCUT2D eigenvalue weighted by Gasteiger charge is 2.39. The first-order valence-electron chi connectivity index (χ1n) is 12.3. The van der Waals surface area contributed by atoms with Crippen molar-refractivity contribution in [1.82, 2.24) is 10.2 Å². The van der Waals surface area contributed by atoms with E-state index in [1.807, 2.05) is 45.0 Å². The highest BCUT2D eigenvalue weighted by atomic mass is 16.5. The lowest BCUT2D eigenvalue weighted by Gasteiger charge is -2.37. The molecule has 0 heterocycles. The highest BCUT2D eigenvalue weighted by Crippen LogP contribution is 2.44. The van der Waals surface area contributed by atoms with Crippen LogP contribution in [0.1, 0.15) is 57.1 Å². The van der Waals surface area contributed by atoms with Gasteiger partial charge in [0.1, 0.15) is 13.2 Å². The van der Waals surface area contributed by atoms with Gasteiger partial charge in [0.25, 0.3) is 0 Å². The molecule has 4 rings (SSSR count). The van der Waals surface area contributed by atoms with Crippen molar-refractivity contribution in [1.29, 1.82) is 0 Å². The molecule has 0 aliphatic heterocycles. The van der Waals surface area contributed by atoms with Crippen molar-refractivity contribution in [2.24, 2.45) is 11.8 Å². The fraction of sp³-hybridized carbons (Fsp3) is 0.464. The Labute approximate surface area is 206 Å². The molecule has 0 spiro atoms. The lowest BCUT2D eigenvalue weighted by Crippen LogP contribution is -2.51. The molecule has 2 aliphatic rings. The van der Waals surface area contributed by atoms with Crippen LogP contribution in [0.3, 0.4) is 0 Å². The Bertz CT molecular complexity index is 1060. The minimum absolute atomic E-state index is 0.00896. The van der Waals surface area contributed by atoms with Crippen molar-refractivity contribution in [3.8, 4) is 11.1 Å². The third-order valence-electron chi connectivity index (χ3n) is 7.20. The SMILES string of the molecule is CC(C)(C)N(CC(=O)O)C(=O)[C@H]1CCC[C@H]1CNC(=O)OCC1c2ccccc2-c2ccccc21. The molecule has 2 amide bonds. The average molecular weight is 479 g/mol. The van der Waals surface area contributed by atoms with Crippen LogP contribution in [0, 0.1) is 11.8 Å². The van der Waals surface area contributed by atoms with Gasteiger partial charge in [-0.15, -0.1) is 0 Å². The summed E-state index contributed by atoms with van der Waals surface area (Å²) in [6, 6.07) is 16.4. The summed E-state index contributed by atoms with van der Waals surface area (Å²) in [5, 5.41) is 12.1. The Balaban J connectivity index is 1.35. The second-order valence-corrected chi connectivity index (χ2v) is 10.5. The number of hydrogen-bond donors (Lipinski definition) is 2. The summed E-state index contributed by atoms with van der Waals surface area (Å²) in [6.45, 7) is 5.76. The van der Waals surface area contributed by atoms with Crippen LogP contribution in [-0.2, 0) is 14.3 Å². The number of carboxylic acid groups (broad SMARTS) is 1. The lowest BCUT2D eigenvalue weighted by molar-refractivity contribution is -0.151. The van der Waals surface area contributed by atoms with Crippen LogP contribution in [0.15, 0.2) is 48.5 Å². The van der Waals surface area contributed by atoms with Gasteiger partial charge in [0, 0.05) is 23.9 Å². The zero-order chi connectivity index (χ0) is 25.2. The Hall–Kier alpha value is -3.35. The normalized spacial score (nSPS) is 19.1. The Morgan fingerprint density at radius 2 is 1.60 bits per heavy atom. The number of alkyl carbamates (subject to hydrolysis) is 1. The molecule has 2 aliphatic carbocycles. The molecule has 7 heteroatoms. The molecule has 2 atom stereocenters. The number of nitrogens with one attached hydrogen (secondary N) is 1. The fourth-order valence-electron chi connectivity index (χ4n) is 5.45. The molecule has 0 radical (unpaired) electrons. The van der Waals surface area contributed by atoms with Gasteiger partial charge in [-0.3, -0.25) is 9.59 Å². The molecule has 2 aromatic rings. The van der Waals surface area contributed by atoms with Crippen molar-refractivity contribution < 1.29 is 24.2 Å². The van der Waals surface area contributed by atoms with Crippen LogP contribution in [0.2, 0.25) is 0 Å². The summed E-state index contributed by atoms with van der Waals surface area (Å²) in [5.41, 5.74) is 4.07. The molecule has 2 N–H and O–H groups in total. The number of nitrogens with zero attached hydrogens (tertiary/aromatic N) is 1. The van der Waals surface area contributed by atoms with Crippen LogP contribution in [-0.4, -0.2) is 53.2 Å². The summed E-state index contributed by atoms with van der Waals surface area (Å²) in [4.78, 5) is 38.6. The number of hydrogen-bond acceptors (Lipinski definition) is 4. The number of benzene rings is 2. The van der Waals surface area contributed by atoms with Crippen molar-refractivity contribution >= 4 is 18.0 Å². The van der Waals surface area contributed by atoms with Gasteiger partial charge >= 0.3 is 12.1 Å². The second-order valence-electron chi connectivity index (χ2n) is 10.5. The highest BCUT2D eigenvalue weighted by molar-refractivity contribution is 5.84. The van der Waals surface area contributed by atoms with Crippen LogP contribution in [0.25, 0.3) is 11.1 Å². The van der Waals surface area contributed by atoms with Crippen molar-refractivity contribution in [2.75, 3.05) is 19.7 Å². The molecule has 0 bridgehead atoms. The maximum atomic E-state index is 13.2. The molecule has 0 unspecified atom stereocenters. The van der Waals surface area contributed by atoms with Crippen molar-refractivity contribution in [3.63, 3.8) is 0 Å². The van der Waals surface area contributed by atoms with E-state index in [4.69, 9.17) is 4.74 Å². The zero-order valence-corrected chi connectivity index (χ0v) is 20.6. The predicted octanol–water partition coefficient (Wildman–Crippen LogP) is 4.65. The molecular formula is C28H34N2O5. The Morgan fingerprint density at radius 1 is 1.00 bits per heavy atom. The number of carboxylic acids is 1. The minimum atomic E-state index is -1.03. The first-order valence-corrected chi connectivity index (χ1v) is 12.3. The lowest BCUT2D eigenvalue weighted by atomic mass is 9.92. The number of rotatable bonds is 7. The smallest absolute Gasteiger partial charge is 0.407 e. The average Bonchev–Trinajstić information content (AvgIpc) is 3.41. The molecule has 0 aromatic heterocycles. The van der Waals surface area contributed by atoms with E-state index in [9.17, 15) is 19.5 Å². The summed E-state index contributed by atoms with van der Waals surface area (Å²) in [6.07, 6.45) is 1.88. The maximum Gasteiger partial charge on any atom is 0.407 e. The summed E-state index contributed by atoms with van der Waals surface area (Å²) < 4.78 is 5.63. The van der Waals surface area contributed by atoms with E-state index in [0.717, 1.165) is 24.0 Å². The molecular weight excluding hydrogens is 444 g/mol. The largest absolute Gasteiger partial charge is 0.480 e. The standard InChI is InChI=1S/C28H34N2O5/c1-28(2,3)30(16-25(31)32)26(33)19-14-8-9-18(19)15-29-27(34)35-17-24-22-12-6-4-10-20(22)21-11-5-7-13-23(21)24/h4-7,10-13,18-19,24H,8-9,14-17H2,1-3H3,(H,29,34)(H,31,32)/t18-,19-/m0/s1. The fourth-order valence-corrected chi connectivity index (χ4v) is 5.45. The Morgan fingerprint density at radius 3 is 2.17 bits per heavy atom. The first kappa shape index (κ1) is 24.8. The van der Waals surface area contributed by atoms with E-state index < -0.39 is 17.6 Å². The van der Waals surface area contributed by atoms with E-state index in [0.29, 0.717) is 13.0 Å². The van der Waals surface area contributed by atoms with E-state index in [1.54, 1.807) is 0 Å². The van der Waals surface area contributed by atoms with Gasteiger partial charge in [0.2, 0.25) is 5.91 Å². The molecule has 1 fully saturated rings. The third kappa shape index (κ3) is 5.34. The minimum Gasteiger partial charge on any atom is -0.480 e. The van der Waals surface area contributed by atoms with Crippen LogP contribution < -0.4 is 5.32 Å². The predicted molar refractivity (Wildman–Crippen MR) is 133 cm³/mol. The molecule has 1 saturated carbocycles. The molecule has 7 nitrogen and oxygen atoms in total. The van der Waals surface area contributed by atoms with Crippen LogP contribution >= 0.6 is 0 Å². The number of ether oxygens (including phenoxy) is 1. The van der Waals surface area contributed by atoms with E-state index in [2.05, 4.69) is 29.6 Å². The number of aliphatic carboxylic acids is 1. The van der Waals surface area contributed by atoms with Crippen molar-refractivity contribution in [2.45, 2.75) is 51.5 Å². The van der Waals surface area contributed by atoms with Gasteiger partial charge in [0.05, 0.1) is 0 Å². The molecule has 0 saturated heterocycles.